The van der Waals surface area contributed by atoms with Gasteiger partial charge >= 0.3 is 0 Å². The number of hydrogen-bond donors (Lipinski definition) is 2. The van der Waals surface area contributed by atoms with Crippen molar-refractivity contribution in [3.8, 4) is 5.75 Å². The fourth-order valence-electron chi connectivity index (χ4n) is 1.97. The van der Waals surface area contributed by atoms with Crippen LogP contribution in [0.25, 0.3) is 0 Å². The second-order valence-electron chi connectivity index (χ2n) is 4.59. The SMILES string of the molecule is CCOc1cccc(C(O)C(CN)C(C)C)c1. The first kappa shape index (κ1) is 14.0. The van der Waals surface area contributed by atoms with Gasteiger partial charge in [-0.25, -0.2) is 0 Å². The van der Waals surface area contributed by atoms with E-state index in [-0.39, 0.29) is 5.92 Å². The maximum atomic E-state index is 10.3. The van der Waals surface area contributed by atoms with Gasteiger partial charge in [0, 0.05) is 5.92 Å². The molecule has 1 aromatic rings. The Kier molecular flexibility index (Phi) is 5.45. The molecule has 0 heterocycles. The second-order valence-corrected chi connectivity index (χ2v) is 4.59. The molecule has 2 atom stereocenters. The summed E-state index contributed by atoms with van der Waals surface area (Å²) in [4.78, 5) is 0. The summed E-state index contributed by atoms with van der Waals surface area (Å²) in [5.41, 5.74) is 6.59. The lowest BCUT2D eigenvalue weighted by atomic mass is 9.86. The molecular formula is C14H23NO2. The second kappa shape index (κ2) is 6.62. The third-order valence-electron chi connectivity index (χ3n) is 3.04. The van der Waals surface area contributed by atoms with Crippen molar-refractivity contribution in [2.24, 2.45) is 17.6 Å². The van der Waals surface area contributed by atoms with Crippen molar-refractivity contribution in [1.82, 2.24) is 0 Å². The Morgan fingerprint density at radius 3 is 2.59 bits per heavy atom. The van der Waals surface area contributed by atoms with Crippen LogP contribution in [0, 0.1) is 11.8 Å². The zero-order chi connectivity index (χ0) is 12.8. The van der Waals surface area contributed by atoms with Crippen LogP contribution in [-0.2, 0) is 0 Å². The molecule has 3 heteroatoms. The highest BCUT2D eigenvalue weighted by Crippen LogP contribution is 2.29. The van der Waals surface area contributed by atoms with E-state index in [4.69, 9.17) is 10.5 Å². The number of aliphatic hydroxyl groups is 1. The van der Waals surface area contributed by atoms with Crippen molar-refractivity contribution in [1.29, 1.82) is 0 Å². The van der Waals surface area contributed by atoms with Crippen molar-refractivity contribution in [2.75, 3.05) is 13.2 Å². The Labute approximate surface area is 104 Å². The molecule has 0 saturated carbocycles. The van der Waals surface area contributed by atoms with E-state index >= 15 is 0 Å². The van der Waals surface area contributed by atoms with Crippen molar-refractivity contribution in [3.63, 3.8) is 0 Å². The molecule has 2 unspecified atom stereocenters. The summed E-state index contributed by atoms with van der Waals surface area (Å²) in [6.07, 6.45) is -0.527. The fourth-order valence-corrected chi connectivity index (χ4v) is 1.97. The summed E-state index contributed by atoms with van der Waals surface area (Å²) in [7, 11) is 0. The Morgan fingerprint density at radius 2 is 2.06 bits per heavy atom. The van der Waals surface area contributed by atoms with Crippen LogP contribution in [0.2, 0.25) is 0 Å². The molecule has 0 spiro atoms. The lowest BCUT2D eigenvalue weighted by Crippen LogP contribution is -2.26. The molecular weight excluding hydrogens is 214 g/mol. The van der Waals surface area contributed by atoms with Gasteiger partial charge in [0.15, 0.2) is 0 Å². The van der Waals surface area contributed by atoms with Gasteiger partial charge in [-0.1, -0.05) is 26.0 Å². The highest BCUT2D eigenvalue weighted by atomic mass is 16.5. The molecule has 0 bridgehead atoms. The maximum absolute atomic E-state index is 10.3. The van der Waals surface area contributed by atoms with Crippen LogP contribution in [0.3, 0.4) is 0 Å². The van der Waals surface area contributed by atoms with Crippen LogP contribution in [-0.4, -0.2) is 18.3 Å². The molecule has 0 amide bonds. The number of ether oxygens (including phenoxy) is 1. The molecule has 0 aliphatic rings. The summed E-state index contributed by atoms with van der Waals surface area (Å²) in [6.45, 7) is 7.21. The Hall–Kier alpha value is -1.06. The van der Waals surface area contributed by atoms with Gasteiger partial charge in [0.1, 0.15) is 5.75 Å². The largest absolute Gasteiger partial charge is 0.494 e. The zero-order valence-corrected chi connectivity index (χ0v) is 10.9. The number of rotatable bonds is 6. The smallest absolute Gasteiger partial charge is 0.119 e. The maximum Gasteiger partial charge on any atom is 0.119 e. The Morgan fingerprint density at radius 1 is 1.35 bits per heavy atom. The first-order valence-corrected chi connectivity index (χ1v) is 6.21. The average Bonchev–Trinajstić information content (AvgIpc) is 2.30. The molecule has 3 nitrogen and oxygen atoms in total. The van der Waals surface area contributed by atoms with Gasteiger partial charge in [-0.2, -0.15) is 0 Å². The molecule has 3 N–H and O–H groups in total. The molecule has 0 radical (unpaired) electrons. The number of hydrogen-bond acceptors (Lipinski definition) is 3. The summed E-state index contributed by atoms with van der Waals surface area (Å²) in [5, 5.41) is 10.3. The van der Waals surface area contributed by atoms with E-state index in [1.165, 1.54) is 0 Å². The van der Waals surface area contributed by atoms with Crippen LogP contribution in [0.4, 0.5) is 0 Å². The van der Waals surface area contributed by atoms with Crippen LogP contribution in [0.1, 0.15) is 32.4 Å². The third-order valence-corrected chi connectivity index (χ3v) is 3.04. The minimum absolute atomic E-state index is 0.0758. The predicted molar refractivity (Wildman–Crippen MR) is 70.0 cm³/mol. The van der Waals surface area contributed by atoms with E-state index in [0.717, 1.165) is 11.3 Å². The van der Waals surface area contributed by atoms with Gasteiger partial charge in [0.05, 0.1) is 12.7 Å². The quantitative estimate of drug-likeness (QED) is 0.798. The average molecular weight is 237 g/mol. The van der Waals surface area contributed by atoms with Crippen LogP contribution >= 0.6 is 0 Å². The molecule has 96 valence electrons. The van der Waals surface area contributed by atoms with Crippen molar-refractivity contribution in [2.45, 2.75) is 26.9 Å². The molecule has 0 aromatic heterocycles. The summed E-state index contributed by atoms with van der Waals surface area (Å²) in [6, 6.07) is 7.60. The highest BCUT2D eigenvalue weighted by Gasteiger charge is 2.22. The predicted octanol–water partition coefficient (Wildman–Crippen LogP) is 2.35. The number of nitrogens with two attached hydrogens (primary N) is 1. The Balaban J connectivity index is 2.86. The highest BCUT2D eigenvalue weighted by molar-refractivity contribution is 5.30. The number of benzene rings is 1. The minimum atomic E-state index is -0.527. The normalized spacial score (nSPS) is 14.7. The summed E-state index contributed by atoms with van der Waals surface area (Å²) >= 11 is 0. The zero-order valence-electron chi connectivity index (χ0n) is 10.9. The van der Waals surface area contributed by atoms with E-state index < -0.39 is 6.10 Å². The monoisotopic (exact) mass is 237 g/mol. The molecule has 0 fully saturated rings. The van der Waals surface area contributed by atoms with E-state index in [9.17, 15) is 5.11 Å². The first-order chi connectivity index (χ1) is 8.10. The van der Waals surface area contributed by atoms with E-state index in [0.29, 0.717) is 19.1 Å². The van der Waals surface area contributed by atoms with Gasteiger partial charge in [-0.15, -0.1) is 0 Å². The van der Waals surface area contributed by atoms with Crippen molar-refractivity contribution >= 4 is 0 Å². The number of aliphatic hydroxyl groups excluding tert-OH is 1. The molecule has 1 rings (SSSR count). The lowest BCUT2D eigenvalue weighted by molar-refractivity contribution is 0.0858. The van der Waals surface area contributed by atoms with Crippen LogP contribution < -0.4 is 10.5 Å². The van der Waals surface area contributed by atoms with E-state index in [1.807, 2.05) is 31.2 Å². The van der Waals surface area contributed by atoms with E-state index in [2.05, 4.69) is 13.8 Å². The van der Waals surface area contributed by atoms with Gasteiger partial charge in [-0.05, 0) is 37.1 Å². The molecule has 1 aromatic carbocycles. The minimum Gasteiger partial charge on any atom is -0.494 e. The van der Waals surface area contributed by atoms with E-state index in [1.54, 1.807) is 0 Å². The molecule has 17 heavy (non-hydrogen) atoms. The summed E-state index contributed by atoms with van der Waals surface area (Å²) < 4.78 is 5.43. The molecule has 0 saturated heterocycles. The molecule has 0 aliphatic carbocycles. The van der Waals surface area contributed by atoms with Crippen LogP contribution in [0.15, 0.2) is 24.3 Å². The van der Waals surface area contributed by atoms with Crippen molar-refractivity contribution in [3.05, 3.63) is 29.8 Å². The topological polar surface area (TPSA) is 55.5 Å². The molecule has 0 aliphatic heterocycles. The fraction of sp³-hybridized carbons (Fsp3) is 0.571. The summed E-state index contributed by atoms with van der Waals surface area (Å²) in [5.74, 6) is 1.22. The standard InChI is InChI=1S/C14H23NO2/c1-4-17-12-7-5-6-11(8-12)14(16)13(9-15)10(2)3/h5-8,10,13-14,16H,4,9,15H2,1-3H3. The van der Waals surface area contributed by atoms with Crippen molar-refractivity contribution < 1.29 is 9.84 Å². The van der Waals surface area contributed by atoms with Gasteiger partial charge in [-0.3, -0.25) is 0 Å². The Bertz CT molecular complexity index is 339. The van der Waals surface area contributed by atoms with Gasteiger partial charge < -0.3 is 15.6 Å². The van der Waals surface area contributed by atoms with Gasteiger partial charge in [0.2, 0.25) is 0 Å². The lowest BCUT2D eigenvalue weighted by Gasteiger charge is -2.25. The third kappa shape index (κ3) is 3.72. The van der Waals surface area contributed by atoms with Gasteiger partial charge in [0.25, 0.3) is 0 Å². The van der Waals surface area contributed by atoms with Crippen LogP contribution in [0.5, 0.6) is 5.75 Å². The first-order valence-electron chi connectivity index (χ1n) is 6.21.